The average Bonchev–Trinajstić information content (AvgIpc) is 2.73. The molecule has 3 rings (SSSR count). The van der Waals surface area contributed by atoms with E-state index >= 15 is 0 Å². The van der Waals surface area contributed by atoms with Crippen molar-refractivity contribution in [2.45, 2.75) is 23.6 Å². The minimum Gasteiger partial charge on any atom is -0.360 e. The second kappa shape index (κ2) is 10.8. The highest BCUT2D eigenvalue weighted by atomic mass is 32.1. The first-order valence-corrected chi connectivity index (χ1v) is 11.1. The average molecular weight is 431 g/mol. The first-order valence-electron chi connectivity index (χ1n) is 9.31. The van der Waals surface area contributed by atoms with Gasteiger partial charge in [-0.2, -0.15) is 0 Å². The Kier molecular flexibility index (Phi) is 7.85. The Balaban J connectivity index is 1.66. The summed E-state index contributed by atoms with van der Waals surface area (Å²) in [6.45, 7) is 3.38. The fourth-order valence-corrected chi connectivity index (χ4v) is 3.88. The van der Waals surface area contributed by atoms with Crippen molar-refractivity contribution < 1.29 is 10.2 Å². The van der Waals surface area contributed by atoms with Crippen LogP contribution in [0.25, 0.3) is 0 Å². The Hall–Kier alpha value is -2.86. The zero-order chi connectivity index (χ0) is 21.3. The van der Waals surface area contributed by atoms with Crippen LogP contribution in [0.5, 0.6) is 0 Å². The predicted molar refractivity (Wildman–Crippen MR) is 132 cm³/mol. The van der Waals surface area contributed by atoms with Gasteiger partial charge in [-0.05, 0) is 86.6 Å². The number of rotatable bonds is 2. The maximum Gasteiger partial charge on any atom is 0.0707 e. The molecule has 150 valence electrons. The van der Waals surface area contributed by atoms with Crippen molar-refractivity contribution in [1.82, 2.24) is 0 Å². The summed E-state index contributed by atoms with van der Waals surface area (Å²) in [5.41, 5.74) is 3.73. The SMILES string of the molecule is CC(O)=[SH]c1ccc(C#Cc2ccc(C#Cc3ccc([SH]=C(C)O)cc3)cc2)cc1. The van der Waals surface area contributed by atoms with Crippen molar-refractivity contribution in [2.75, 3.05) is 0 Å². The molecule has 0 aliphatic carbocycles. The molecule has 2 N–H and O–H groups in total. The highest BCUT2D eigenvalue weighted by Gasteiger charge is 1.93. The zero-order valence-electron chi connectivity index (χ0n) is 16.7. The van der Waals surface area contributed by atoms with Crippen LogP contribution in [0.3, 0.4) is 0 Å². The van der Waals surface area contributed by atoms with Crippen LogP contribution in [0.2, 0.25) is 0 Å². The first-order chi connectivity index (χ1) is 14.5. The van der Waals surface area contributed by atoms with Crippen LogP contribution >= 0.6 is 22.7 Å². The molecule has 0 aliphatic heterocycles. The van der Waals surface area contributed by atoms with E-state index in [0.29, 0.717) is 10.1 Å². The van der Waals surface area contributed by atoms with Gasteiger partial charge in [-0.3, -0.25) is 0 Å². The summed E-state index contributed by atoms with van der Waals surface area (Å²) in [6.07, 6.45) is 0. The van der Waals surface area contributed by atoms with E-state index in [1.807, 2.05) is 72.8 Å². The third-order valence-electron chi connectivity index (χ3n) is 3.90. The standard InChI is InChI=1S/C26H22O2S2/c1-19(27)29-25-15-11-23(12-16-25)9-7-21-3-5-22(6-4-21)8-10-24-13-17-26(18-14-24)30-20(2)28/h3-6,11-18,27-30H,1-2H3. The molecule has 4 heteroatoms. The second-order valence-corrected chi connectivity index (χ2v) is 9.26. The van der Waals surface area contributed by atoms with Gasteiger partial charge < -0.3 is 10.2 Å². The first kappa shape index (κ1) is 21.8. The molecule has 0 unspecified atom stereocenters. The molecule has 3 aromatic rings. The van der Waals surface area contributed by atoms with E-state index in [1.54, 1.807) is 13.8 Å². The summed E-state index contributed by atoms with van der Waals surface area (Å²) >= 11 is 1.65. The Morgan fingerprint density at radius 1 is 0.500 bits per heavy atom. The fourth-order valence-electron chi connectivity index (χ4n) is 2.54. The van der Waals surface area contributed by atoms with E-state index in [9.17, 15) is 10.2 Å². The Morgan fingerprint density at radius 3 is 0.967 bits per heavy atom. The largest absolute Gasteiger partial charge is 0.360 e. The smallest absolute Gasteiger partial charge is 0.0707 e. The van der Waals surface area contributed by atoms with Gasteiger partial charge in [-0.25, -0.2) is 0 Å². The molecule has 3 aromatic carbocycles. The van der Waals surface area contributed by atoms with Crippen LogP contribution in [0.15, 0.2) is 82.6 Å². The molecule has 0 aliphatic rings. The topological polar surface area (TPSA) is 40.5 Å². The molecule has 0 saturated carbocycles. The van der Waals surface area contributed by atoms with Gasteiger partial charge in [0.05, 0.1) is 10.1 Å². The molecule has 0 spiro atoms. The van der Waals surface area contributed by atoms with E-state index in [4.69, 9.17) is 0 Å². The number of benzene rings is 3. The Morgan fingerprint density at radius 2 is 0.733 bits per heavy atom. The van der Waals surface area contributed by atoms with Crippen LogP contribution < -0.4 is 0 Å². The lowest BCUT2D eigenvalue weighted by molar-refractivity contribution is 0.564. The third kappa shape index (κ3) is 7.19. The summed E-state index contributed by atoms with van der Waals surface area (Å²) in [5.74, 6) is 12.6. The summed E-state index contributed by atoms with van der Waals surface area (Å²) in [5, 5.41) is 19.5. The van der Waals surface area contributed by atoms with Gasteiger partial charge in [-0.1, -0.05) is 23.7 Å². The van der Waals surface area contributed by atoms with Gasteiger partial charge in [0.2, 0.25) is 0 Å². The maximum absolute atomic E-state index is 9.35. The quantitative estimate of drug-likeness (QED) is 0.245. The molecular formula is C26H22O2S2. The third-order valence-corrected chi connectivity index (χ3v) is 5.66. The summed E-state index contributed by atoms with van der Waals surface area (Å²) in [7, 11) is 0. The lowest BCUT2D eigenvalue weighted by atomic mass is 10.1. The lowest BCUT2D eigenvalue weighted by Gasteiger charge is -1.96. The Bertz CT molecular complexity index is 1090. The number of hydrogen-bond acceptors (Lipinski definition) is 0. The molecule has 0 saturated heterocycles. The van der Waals surface area contributed by atoms with Gasteiger partial charge in [0.1, 0.15) is 0 Å². The van der Waals surface area contributed by atoms with Crippen molar-refractivity contribution in [3.05, 3.63) is 95.1 Å². The molecule has 0 amide bonds. The minimum atomic E-state index is 0.379. The van der Waals surface area contributed by atoms with E-state index in [2.05, 4.69) is 23.7 Å². The number of aliphatic hydroxyl groups is 2. The summed E-state index contributed by atoms with van der Waals surface area (Å²) < 4.78 is 0. The monoisotopic (exact) mass is 430 g/mol. The van der Waals surface area contributed by atoms with Crippen LogP contribution in [0.4, 0.5) is 0 Å². The molecule has 0 fully saturated rings. The molecular weight excluding hydrogens is 408 g/mol. The van der Waals surface area contributed by atoms with Gasteiger partial charge in [0.25, 0.3) is 0 Å². The molecule has 0 bridgehead atoms. The van der Waals surface area contributed by atoms with Crippen LogP contribution in [0, 0.1) is 23.7 Å². The van der Waals surface area contributed by atoms with Gasteiger partial charge in [0, 0.05) is 32.0 Å². The predicted octanol–water partition coefficient (Wildman–Crippen LogP) is 5.55. The number of aliphatic hydroxyl groups excluding tert-OH is 2. The van der Waals surface area contributed by atoms with E-state index < -0.39 is 0 Å². The van der Waals surface area contributed by atoms with Crippen LogP contribution in [0.1, 0.15) is 36.1 Å². The lowest BCUT2D eigenvalue weighted by Crippen LogP contribution is -1.82. The second-order valence-electron chi connectivity index (χ2n) is 6.49. The summed E-state index contributed by atoms with van der Waals surface area (Å²) in [4.78, 5) is 2.08. The van der Waals surface area contributed by atoms with Crippen molar-refractivity contribution in [1.29, 1.82) is 0 Å². The molecule has 2 nitrogen and oxygen atoms in total. The minimum absolute atomic E-state index is 0.379. The molecule has 0 heterocycles. The van der Waals surface area contributed by atoms with Gasteiger partial charge in [0.15, 0.2) is 0 Å². The highest BCUT2D eigenvalue weighted by Crippen LogP contribution is 2.13. The van der Waals surface area contributed by atoms with Crippen molar-refractivity contribution in [3.8, 4) is 23.7 Å². The van der Waals surface area contributed by atoms with E-state index in [-0.39, 0.29) is 0 Å². The number of thiol groups is 2. The molecule has 0 aromatic heterocycles. The normalized spacial score (nSPS) is 11.7. The maximum atomic E-state index is 9.35. The molecule has 30 heavy (non-hydrogen) atoms. The molecule has 0 atom stereocenters. The van der Waals surface area contributed by atoms with Crippen molar-refractivity contribution >= 4 is 32.8 Å². The van der Waals surface area contributed by atoms with Crippen molar-refractivity contribution in [3.63, 3.8) is 0 Å². The molecule has 0 radical (unpaired) electrons. The fraction of sp³-hybridized carbons (Fsp3) is 0.0769. The van der Waals surface area contributed by atoms with Gasteiger partial charge in [-0.15, -0.1) is 22.7 Å². The van der Waals surface area contributed by atoms with Crippen LogP contribution in [-0.2, 0) is 0 Å². The van der Waals surface area contributed by atoms with Gasteiger partial charge >= 0.3 is 0 Å². The summed E-state index contributed by atoms with van der Waals surface area (Å²) in [6, 6.07) is 23.6. The van der Waals surface area contributed by atoms with Crippen molar-refractivity contribution in [2.24, 2.45) is 0 Å². The Labute approximate surface area is 185 Å². The van der Waals surface area contributed by atoms with Crippen LogP contribution in [-0.4, -0.2) is 20.3 Å². The highest BCUT2D eigenvalue weighted by molar-refractivity contribution is 7.98. The van der Waals surface area contributed by atoms with E-state index in [0.717, 1.165) is 54.7 Å². The van der Waals surface area contributed by atoms with E-state index in [1.165, 1.54) is 0 Å². The zero-order valence-corrected chi connectivity index (χ0v) is 18.5. The number of hydrogen-bond donors (Lipinski definition) is 4.